The Labute approximate surface area is 159 Å². The summed E-state index contributed by atoms with van der Waals surface area (Å²) in [6.45, 7) is 1.77. The Morgan fingerprint density at radius 1 is 1.18 bits per heavy atom. The van der Waals surface area contributed by atoms with Crippen LogP contribution >= 0.6 is 0 Å². The summed E-state index contributed by atoms with van der Waals surface area (Å²) in [5, 5.41) is 10.3. The van der Waals surface area contributed by atoms with Gasteiger partial charge in [-0.2, -0.15) is 5.10 Å². The number of pyridine rings is 2. The van der Waals surface area contributed by atoms with Crippen molar-refractivity contribution in [3.05, 3.63) is 54.2 Å². The fourth-order valence-corrected chi connectivity index (χ4v) is 2.86. The lowest BCUT2D eigenvalue weighted by Crippen LogP contribution is -2.14. The molecule has 0 aliphatic rings. The van der Waals surface area contributed by atoms with E-state index < -0.39 is 0 Å². The third-order valence-electron chi connectivity index (χ3n) is 4.31. The van der Waals surface area contributed by atoms with E-state index in [1.165, 1.54) is 12.4 Å². The van der Waals surface area contributed by atoms with Crippen LogP contribution in [0.1, 0.15) is 16.1 Å². The van der Waals surface area contributed by atoms with Crippen LogP contribution in [0.25, 0.3) is 22.3 Å². The molecule has 4 aromatic heterocycles. The van der Waals surface area contributed by atoms with Crippen LogP contribution in [0.4, 0.5) is 11.4 Å². The third kappa shape index (κ3) is 3.32. The van der Waals surface area contributed by atoms with Gasteiger partial charge in [0.05, 0.1) is 40.7 Å². The van der Waals surface area contributed by atoms with Crippen molar-refractivity contribution >= 4 is 34.7 Å². The predicted molar refractivity (Wildman–Crippen MR) is 105 cm³/mol. The lowest BCUT2D eigenvalue weighted by atomic mass is 10.2. The van der Waals surface area contributed by atoms with E-state index in [2.05, 4.69) is 30.7 Å². The number of hydrogen-bond donors (Lipinski definition) is 3. The van der Waals surface area contributed by atoms with E-state index in [1.807, 2.05) is 19.3 Å². The zero-order valence-corrected chi connectivity index (χ0v) is 15.2. The molecule has 4 aromatic rings. The molecule has 140 valence electrons. The highest BCUT2D eigenvalue weighted by atomic mass is 16.1. The van der Waals surface area contributed by atoms with Gasteiger partial charge in [-0.05, 0) is 25.1 Å². The van der Waals surface area contributed by atoms with Gasteiger partial charge in [0.1, 0.15) is 5.65 Å². The number of hydrogen-bond acceptors (Lipinski definition) is 5. The summed E-state index contributed by atoms with van der Waals surface area (Å²) in [6.07, 6.45) is 7.24. The van der Waals surface area contributed by atoms with Crippen LogP contribution in [-0.4, -0.2) is 37.0 Å². The van der Waals surface area contributed by atoms with Crippen molar-refractivity contribution in [2.45, 2.75) is 6.92 Å². The van der Waals surface area contributed by atoms with Crippen molar-refractivity contribution in [1.82, 2.24) is 24.7 Å². The van der Waals surface area contributed by atoms with Gasteiger partial charge in [0, 0.05) is 30.4 Å². The van der Waals surface area contributed by atoms with Crippen LogP contribution < -0.4 is 10.6 Å². The normalized spacial score (nSPS) is 10.8. The summed E-state index contributed by atoms with van der Waals surface area (Å²) < 4.78 is 1.72. The molecule has 9 nitrogen and oxygen atoms in total. The molecule has 3 N–H and O–H groups in total. The van der Waals surface area contributed by atoms with Crippen molar-refractivity contribution in [2.75, 3.05) is 10.6 Å². The number of anilines is 2. The molecule has 0 bridgehead atoms. The first-order valence-electron chi connectivity index (χ1n) is 8.49. The van der Waals surface area contributed by atoms with Crippen LogP contribution in [0.3, 0.4) is 0 Å². The Bertz CT molecular complexity index is 1190. The summed E-state index contributed by atoms with van der Waals surface area (Å²) >= 11 is 0. The number of nitrogens with one attached hydrogen (secondary N) is 3. The minimum Gasteiger partial charge on any atom is -0.339 e. The molecule has 0 unspecified atom stereocenters. The molecule has 0 saturated heterocycles. The maximum Gasteiger partial charge on any atom is 0.257 e. The maximum atomic E-state index is 12.7. The molecule has 9 heteroatoms. The largest absolute Gasteiger partial charge is 0.339 e. The SMILES string of the molecule is Cc1ncc(NC=O)cc1NC(=O)c1cnc2[nH]c(-c3cnn(C)c3)cc2c1. The highest BCUT2D eigenvalue weighted by Gasteiger charge is 2.13. The fourth-order valence-electron chi connectivity index (χ4n) is 2.86. The molecule has 0 atom stereocenters. The minimum atomic E-state index is -0.313. The fraction of sp³-hybridized carbons (Fsp3) is 0.105. The Morgan fingerprint density at radius 2 is 2.04 bits per heavy atom. The van der Waals surface area contributed by atoms with E-state index in [0.717, 1.165) is 16.6 Å². The van der Waals surface area contributed by atoms with Crippen molar-refractivity contribution < 1.29 is 9.59 Å². The van der Waals surface area contributed by atoms with Crippen molar-refractivity contribution in [3.8, 4) is 11.3 Å². The van der Waals surface area contributed by atoms with Gasteiger partial charge in [0.25, 0.3) is 5.91 Å². The second kappa shape index (κ2) is 6.95. The zero-order chi connectivity index (χ0) is 19.7. The number of nitrogens with zero attached hydrogens (tertiary/aromatic N) is 4. The van der Waals surface area contributed by atoms with E-state index in [1.54, 1.807) is 29.9 Å². The average molecular weight is 375 g/mol. The monoisotopic (exact) mass is 375 g/mol. The lowest BCUT2D eigenvalue weighted by molar-refractivity contribution is -0.105. The van der Waals surface area contributed by atoms with E-state index in [9.17, 15) is 9.59 Å². The van der Waals surface area contributed by atoms with Gasteiger partial charge in [-0.3, -0.25) is 19.3 Å². The Balaban J connectivity index is 1.61. The summed E-state index contributed by atoms with van der Waals surface area (Å²) in [7, 11) is 1.85. The smallest absolute Gasteiger partial charge is 0.257 e. The van der Waals surface area contributed by atoms with E-state index in [-0.39, 0.29) is 5.91 Å². The Kier molecular flexibility index (Phi) is 4.32. The van der Waals surface area contributed by atoms with E-state index >= 15 is 0 Å². The molecular formula is C19H17N7O2. The van der Waals surface area contributed by atoms with Gasteiger partial charge in [-0.1, -0.05) is 0 Å². The first-order chi connectivity index (χ1) is 13.5. The molecule has 2 amide bonds. The van der Waals surface area contributed by atoms with Gasteiger partial charge in [0.2, 0.25) is 6.41 Å². The topological polar surface area (TPSA) is 118 Å². The molecule has 4 rings (SSSR count). The summed E-state index contributed by atoms with van der Waals surface area (Å²) in [6, 6.07) is 5.35. The number of carbonyl (C=O) groups excluding carboxylic acids is 2. The Hall–Kier alpha value is -4.01. The first-order valence-corrected chi connectivity index (χ1v) is 8.49. The van der Waals surface area contributed by atoms with Gasteiger partial charge < -0.3 is 15.6 Å². The van der Waals surface area contributed by atoms with Crippen molar-refractivity contribution in [3.63, 3.8) is 0 Å². The summed E-state index contributed by atoms with van der Waals surface area (Å²) in [5.41, 5.74) is 4.56. The number of fused-ring (bicyclic) bond motifs is 1. The Morgan fingerprint density at radius 3 is 2.79 bits per heavy atom. The van der Waals surface area contributed by atoms with Crippen LogP contribution in [0.2, 0.25) is 0 Å². The van der Waals surface area contributed by atoms with Crippen LogP contribution in [-0.2, 0) is 11.8 Å². The second-order valence-corrected chi connectivity index (χ2v) is 6.32. The number of amides is 2. The number of H-pyrrole nitrogens is 1. The van der Waals surface area contributed by atoms with Crippen LogP contribution in [0.15, 0.2) is 43.0 Å². The zero-order valence-electron chi connectivity index (χ0n) is 15.2. The molecule has 0 fully saturated rings. The molecule has 0 aromatic carbocycles. The molecule has 0 radical (unpaired) electrons. The van der Waals surface area contributed by atoms with Gasteiger partial charge >= 0.3 is 0 Å². The molecule has 0 aliphatic carbocycles. The van der Waals surface area contributed by atoms with Crippen LogP contribution in [0, 0.1) is 6.92 Å². The van der Waals surface area contributed by atoms with Gasteiger partial charge in [-0.15, -0.1) is 0 Å². The van der Waals surface area contributed by atoms with E-state index in [4.69, 9.17) is 0 Å². The molecule has 28 heavy (non-hydrogen) atoms. The van der Waals surface area contributed by atoms with Gasteiger partial charge in [0.15, 0.2) is 0 Å². The first kappa shape index (κ1) is 17.4. The third-order valence-corrected chi connectivity index (χ3v) is 4.31. The highest BCUT2D eigenvalue weighted by molar-refractivity contribution is 6.06. The predicted octanol–water partition coefficient (Wildman–Crippen LogP) is 2.49. The average Bonchev–Trinajstić information content (AvgIpc) is 3.29. The van der Waals surface area contributed by atoms with Crippen molar-refractivity contribution in [1.29, 1.82) is 0 Å². The van der Waals surface area contributed by atoms with Crippen LogP contribution in [0.5, 0.6) is 0 Å². The molecule has 0 saturated carbocycles. The summed E-state index contributed by atoms with van der Waals surface area (Å²) in [5.74, 6) is -0.313. The minimum absolute atomic E-state index is 0.313. The number of aromatic nitrogens is 5. The van der Waals surface area contributed by atoms with Gasteiger partial charge in [-0.25, -0.2) is 4.98 Å². The van der Waals surface area contributed by atoms with E-state index in [0.29, 0.717) is 34.7 Å². The molecular weight excluding hydrogens is 358 g/mol. The number of carbonyl (C=O) groups is 2. The maximum absolute atomic E-state index is 12.7. The number of aryl methyl sites for hydroxylation is 2. The standard InChI is InChI=1S/C19H17N7O2/c1-11-16(5-15(8-20-11)22-10-27)25-19(28)13-3-12-4-17(24-18(12)21-6-13)14-7-23-26(2)9-14/h3-10H,1-2H3,(H,21,24)(H,22,27)(H,25,28). The lowest BCUT2D eigenvalue weighted by Gasteiger charge is -2.09. The quantitative estimate of drug-likeness (QED) is 0.463. The second-order valence-electron chi connectivity index (χ2n) is 6.32. The number of rotatable bonds is 5. The molecule has 4 heterocycles. The molecule has 0 aliphatic heterocycles. The van der Waals surface area contributed by atoms with Crippen molar-refractivity contribution in [2.24, 2.45) is 7.05 Å². The number of aromatic amines is 1. The highest BCUT2D eigenvalue weighted by Crippen LogP contribution is 2.24. The summed E-state index contributed by atoms with van der Waals surface area (Å²) in [4.78, 5) is 35.0. The molecule has 0 spiro atoms.